The second-order valence-electron chi connectivity index (χ2n) is 4.68. The predicted octanol–water partition coefficient (Wildman–Crippen LogP) is 0.309. The fraction of sp³-hybridized carbons (Fsp3) is 0.700. The summed E-state index contributed by atoms with van der Waals surface area (Å²) >= 11 is 0. The molecule has 0 radical (unpaired) electrons. The van der Waals surface area contributed by atoms with Crippen molar-refractivity contribution in [2.45, 2.75) is 31.6 Å². The number of aromatic nitrogens is 1. The molecule has 7 heteroatoms. The van der Waals surface area contributed by atoms with Gasteiger partial charge < -0.3 is 10.3 Å². The lowest BCUT2D eigenvalue weighted by molar-refractivity contribution is 0.390. The summed E-state index contributed by atoms with van der Waals surface area (Å²) in [6.45, 7) is 4.10. The van der Waals surface area contributed by atoms with Crippen molar-refractivity contribution in [2.75, 3.05) is 13.1 Å². The third-order valence-corrected chi connectivity index (χ3v) is 4.91. The van der Waals surface area contributed by atoms with Crippen molar-refractivity contribution in [3.8, 4) is 0 Å². The molecule has 0 amide bonds. The van der Waals surface area contributed by atoms with E-state index in [9.17, 15) is 8.42 Å². The zero-order valence-electron chi connectivity index (χ0n) is 9.99. The van der Waals surface area contributed by atoms with E-state index in [0.717, 1.165) is 12.8 Å². The average Bonchev–Trinajstić information content (AvgIpc) is 2.97. The molecule has 1 heterocycles. The Morgan fingerprint density at radius 3 is 2.53 bits per heavy atom. The zero-order chi connectivity index (χ0) is 12.7. The van der Waals surface area contributed by atoms with Gasteiger partial charge in [-0.15, -0.1) is 0 Å². The molecule has 0 unspecified atom stereocenters. The van der Waals surface area contributed by atoms with Crippen LogP contribution in [0.25, 0.3) is 0 Å². The van der Waals surface area contributed by atoms with Gasteiger partial charge in [0.1, 0.15) is 10.6 Å². The minimum absolute atomic E-state index is 0.0357. The van der Waals surface area contributed by atoms with Crippen molar-refractivity contribution < 1.29 is 12.9 Å². The van der Waals surface area contributed by atoms with Gasteiger partial charge >= 0.3 is 0 Å². The van der Waals surface area contributed by atoms with Gasteiger partial charge in [-0.3, -0.25) is 0 Å². The molecule has 0 saturated heterocycles. The fourth-order valence-corrected chi connectivity index (χ4v) is 3.29. The van der Waals surface area contributed by atoms with Crippen LogP contribution in [0, 0.1) is 19.3 Å². The first-order chi connectivity index (χ1) is 7.90. The molecule has 1 aromatic heterocycles. The number of nitrogens with zero attached hydrogens (tertiary/aromatic N) is 1. The molecular formula is C10H17N3O3S. The van der Waals surface area contributed by atoms with Gasteiger partial charge in [0.05, 0.1) is 0 Å². The van der Waals surface area contributed by atoms with Crippen LogP contribution in [0.5, 0.6) is 0 Å². The Morgan fingerprint density at radius 1 is 1.47 bits per heavy atom. The first-order valence-electron chi connectivity index (χ1n) is 5.53. The second kappa shape index (κ2) is 4.08. The highest BCUT2D eigenvalue weighted by Gasteiger charge is 2.42. The molecule has 3 N–H and O–H groups in total. The summed E-state index contributed by atoms with van der Waals surface area (Å²) in [6.07, 6.45) is 1.96. The molecule has 0 atom stereocenters. The number of rotatable bonds is 5. The largest absolute Gasteiger partial charge is 0.360 e. The van der Waals surface area contributed by atoms with Crippen LogP contribution < -0.4 is 10.5 Å². The topological polar surface area (TPSA) is 98.2 Å². The fourth-order valence-electron chi connectivity index (χ4n) is 1.81. The smallest absolute Gasteiger partial charge is 0.245 e. The van der Waals surface area contributed by atoms with Crippen LogP contribution in [0.2, 0.25) is 0 Å². The Bertz CT molecular complexity index is 497. The van der Waals surface area contributed by atoms with E-state index in [-0.39, 0.29) is 10.3 Å². The van der Waals surface area contributed by atoms with Crippen molar-refractivity contribution >= 4 is 10.0 Å². The Morgan fingerprint density at radius 2 is 2.12 bits per heavy atom. The summed E-state index contributed by atoms with van der Waals surface area (Å²) < 4.78 is 31.6. The van der Waals surface area contributed by atoms with Gasteiger partial charge in [0.25, 0.3) is 0 Å². The summed E-state index contributed by atoms with van der Waals surface area (Å²) in [6, 6.07) is 0. The maximum atomic E-state index is 12.1. The molecule has 1 aliphatic rings. The molecule has 1 saturated carbocycles. The SMILES string of the molecule is Cc1noc(C)c1S(=O)(=O)NCC1(CN)CC1. The number of sulfonamides is 1. The van der Waals surface area contributed by atoms with Crippen molar-refractivity contribution in [1.82, 2.24) is 9.88 Å². The summed E-state index contributed by atoms with van der Waals surface area (Å²) in [5.41, 5.74) is 5.96. The van der Waals surface area contributed by atoms with Gasteiger partial charge in [-0.2, -0.15) is 0 Å². The molecule has 2 rings (SSSR count). The first kappa shape index (κ1) is 12.5. The minimum atomic E-state index is -3.54. The van der Waals surface area contributed by atoms with Crippen LogP contribution in [-0.4, -0.2) is 26.7 Å². The Balaban J connectivity index is 2.15. The average molecular weight is 259 g/mol. The van der Waals surface area contributed by atoms with E-state index in [2.05, 4.69) is 9.88 Å². The molecule has 0 bridgehead atoms. The second-order valence-corrected chi connectivity index (χ2v) is 6.39. The van der Waals surface area contributed by atoms with Crippen molar-refractivity contribution in [2.24, 2.45) is 11.1 Å². The standard InChI is InChI=1S/C10H17N3O3S/c1-7-9(8(2)16-13-7)17(14,15)12-6-10(5-11)3-4-10/h12H,3-6,11H2,1-2H3. The number of nitrogens with one attached hydrogen (secondary N) is 1. The Hall–Kier alpha value is -0.920. The number of hydrogen-bond acceptors (Lipinski definition) is 5. The van der Waals surface area contributed by atoms with Crippen molar-refractivity contribution in [3.05, 3.63) is 11.5 Å². The highest BCUT2D eigenvalue weighted by Crippen LogP contribution is 2.44. The summed E-state index contributed by atoms with van der Waals surface area (Å²) in [7, 11) is -3.54. The molecule has 1 fully saturated rings. The Kier molecular flexibility index (Phi) is 3.01. The third-order valence-electron chi connectivity index (χ3n) is 3.26. The molecule has 1 aliphatic carbocycles. The molecular weight excluding hydrogens is 242 g/mol. The first-order valence-corrected chi connectivity index (χ1v) is 7.01. The number of aryl methyl sites for hydroxylation is 2. The van der Waals surface area contributed by atoms with Crippen LogP contribution in [0.4, 0.5) is 0 Å². The summed E-state index contributed by atoms with van der Waals surface area (Å²) in [4.78, 5) is 0.144. The zero-order valence-corrected chi connectivity index (χ0v) is 10.8. The van der Waals surface area contributed by atoms with Crippen LogP contribution in [0.15, 0.2) is 9.42 Å². The molecule has 0 aromatic carbocycles. The van der Waals surface area contributed by atoms with Gasteiger partial charge in [0.2, 0.25) is 10.0 Å². The predicted molar refractivity (Wildman–Crippen MR) is 61.9 cm³/mol. The van der Waals surface area contributed by atoms with E-state index in [4.69, 9.17) is 10.3 Å². The maximum Gasteiger partial charge on any atom is 0.245 e. The van der Waals surface area contributed by atoms with Gasteiger partial charge in [-0.05, 0) is 38.6 Å². The van der Waals surface area contributed by atoms with Gasteiger partial charge in [-0.25, -0.2) is 13.1 Å². The number of nitrogens with two attached hydrogens (primary N) is 1. The molecule has 1 aromatic rings. The maximum absolute atomic E-state index is 12.1. The van der Waals surface area contributed by atoms with E-state index >= 15 is 0 Å². The molecule has 0 aliphatic heterocycles. The molecule has 0 spiro atoms. The molecule has 17 heavy (non-hydrogen) atoms. The lowest BCUT2D eigenvalue weighted by Crippen LogP contribution is -2.34. The highest BCUT2D eigenvalue weighted by molar-refractivity contribution is 7.89. The number of hydrogen-bond donors (Lipinski definition) is 2. The van der Waals surface area contributed by atoms with E-state index in [1.54, 1.807) is 13.8 Å². The van der Waals surface area contributed by atoms with Gasteiger partial charge in [0.15, 0.2) is 5.76 Å². The monoisotopic (exact) mass is 259 g/mol. The Labute approximate surface area is 101 Å². The van der Waals surface area contributed by atoms with Crippen molar-refractivity contribution in [1.29, 1.82) is 0 Å². The molecule has 6 nitrogen and oxygen atoms in total. The van der Waals surface area contributed by atoms with E-state index in [1.165, 1.54) is 0 Å². The third kappa shape index (κ3) is 2.36. The summed E-state index contributed by atoms with van der Waals surface area (Å²) in [5.74, 6) is 0.313. The lowest BCUT2D eigenvalue weighted by Gasteiger charge is -2.13. The van der Waals surface area contributed by atoms with E-state index in [0.29, 0.717) is 24.5 Å². The normalized spacial score (nSPS) is 18.3. The van der Waals surface area contributed by atoms with Gasteiger partial charge in [-0.1, -0.05) is 5.16 Å². The van der Waals surface area contributed by atoms with Crippen LogP contribution in [0.1, 0.15) is 24.3 Å². The lowest BCUT2D eigenvalue weighted by atomic mass is 10.1. The minimum Gasteiger partial charge on any atom is -0.360 e. The van der Waals surface area contributed by atoms with Crippen LogP contribution >= 0.6 is 0 Å². The highest BCUT2D eigenvalue weighted by atomic mass is 32.2. The van der Waals surface area contributed by atoms with E-state index < -0.39 is 10.0 Å². The van der Waals surface area contributed by atoms with E-state index in [1.807, 2.05) is 0 Å². The quantitative estimate of drug-likeness (QED) is 0.793. The van der Waals surface area contributed by atoms with Crippen LogP contribution in [-0.2, 0) is 10.0 Å². The summed E-state index contributed by atoms with van der Waals surface area (Å²) in [5, 5.41) is 3.64. The molecule has 96 valence electrons. The van der Waals surface area contributed by atoms with Crippen LogP contribution in [0.3, 0.4) is 0 Å². The van der Waals surface area contributed by atoms with Gasteiger partial charge in [0, 0.05) is 6.54 Å². The van der Waals surface area contributed by atoms with Crippen molar-refractivity contribution in [3.63, 3.8) is 0 Å².